The molecular formula is C13H12ClN7O2. The molecule has 3 aromatic heterocycles. The molecule has 0 aromatic carbocycles. The number of nitrogens with zero attached hydrogens (tertiary/aromatic N) is 4. The van der Waals surface area contributed by atoms with Crippen LogP contribution in [0.25, 0.3) is 11.5 Å². The maximum atomic E-state index is 12.1. The summed E-state index contributed by atoms with van der Waals surface area (Å²) in [7, 11) is 0. The number of aromatic nitrogens is 5. The summed E-state index contributed by atoms with van der Waals surface area (Å²) >= 11 is 5.88. The van der Waals surface area contributed by atoms with Crippen molar-refractivity contribution in [1.29, 1.82) is 0 Å². The molecule has 3 aromatic rings. The van der Waals surface area contributed by atoms with Crippen LogP contribution in [-0.4, -0.2) is 31.2 Å². The van der Waals surface area contributed by atoms with Gasteiger partial charge in [-0.25, -0.2) is 0 Å². The summed E-state index contributed by atoms with van der Waals surface area (Å²) in [5.74, 6) is 0.150. The molecule has 3 heterocycles. The summed E-state index contributed by atoms with van der Waals surface area (Å²) in [6, 6.07) is 4.82. The normalized spacial score (nSPS) is 12.1. The summed E-state index contributed by atoms with van der Waals surface area (Å²) in [5, 5.41) is 12.7. The van der Waals surface area contributed by atoms with E-state index in [4.69, 9.17) is 21.9 Å². The number of nitrogens with one attached hydrogen (secondary N) is 2. The number of anilines is 1. The first-order valence-corrected chi connectivity index (χ1v) is 6.99. The molecule has 4 N–H and O–H groups in total. The van der Waals surface area contributed by atoms with Crippen LogP contribution in [0, 0.1) is 0 Å². The molecule has 9 nitrogen and oxygen atoms in total. The van der Waals surface area contributed by atoms with E-state index in [-0.39, 0.29) is 22.4 Å². The Morgan fingerprint density at radius 1 is 1.48 bits per heavy atom. The van der Waals surface area contributed by atoms with Crippen molar-refractivity contribution in [2.24, 2.45) is 0 Å². The SMILES string of the molecule is CC(NC(=O)c1[nH]nc(N)c1Cl)c1nc(-c2ccccn2)no1. The standard InChI is InChI=1S/C13H12ClN7O2/c1-6(17-12(22)9-8(14)10(15)20-19-9)13-18-11(21-23-13)7-4-2-3-5-16-7/h2-6H,1H3,(H,17,22)(H3,15,19,20). The van der Waals surface area contributed by atoms with Crippen molar-refractivity contribution >= 4 is 23.3 Å². The lowest BCUT2D eigenvalue weighted by Gasteiger charge is -2.08. The zero-order valence-electron chi connectivity index (χ0n) is 11.9. The minimum Gasteiger partial charge on any atom is -0.381 e. The van der Waals surface area contributed by atoms with Crippen molar-refractivity contribution in [1.82, 2.24) is 30.6 Å². The Morgan fingerprint density at radius 3 is 2.96 bits per heavy atom. The minimum absolute atomic E-state index is 0.0553. The Bertz CT molecular complexity index is 830. The summed E-state index contributed by atoms with van der Waals surface area (Å²) in [6.45, 7) is 1.70. The molecule has 0 saturated heterocycles. The topological polar surface area (TPSA) is 136 Å². The van der Waals surface area contributed by atoms with Gasteiger partial charge < -0.3 is 15.6 Å². The molecule has 0 aliphatic rings. The van der Waals surface area contributed by atoms with Gasteiger partial charge in [0.05, 0.1) is 0 Å². The number of hydrogen-bond donors (Lipinski definition) is 3. The Hall–Kier alpha value is -2.94. The van der Waals surface area contributed by atoms with Crippen LogP contribution in [0.5, 0.6) is 0 Å². The van der Waals surface area contributed by atoms with Crippen LogP contribution >= 0.6 is 11.6 Å². The monoisotopic (exact) mass is 333 g/mol. The first-order chi connectivity index (χ1) is 11.1. The highest BCUT2D eigenvalue weighted by Crippen LogP contribution is 2.21. The van der Waals surface area contributed by atoms with Gasteiger partial charge in [-0.1, -0.05) is 22.8 Å². The second-order valence-corrected chi connectivity index (χ2v) is 5.04. The number of hydrogen-bond acceptors (Lipinski definition) is 7. The predicted molar refractivity (Wildman–Crippen MR) is 81.4 cm³/mol. The van der Waals surface area contributed by atoms with Gasteiger partial charge in [0.25, 0.3) is 5.91 Å². The fraction of sp³-hybridized carbons (Fsp3) is 0.154. The molecule has 0 fully saturated rings. The number of rotatable bonds is 4. The van der Waals surface area contributed by atoms with Gasteiger partial charge >= 0.3 is 0 Å². The van der Waals surface area contributed by atoms with E-state index >= 15 is 0 Å². The van der Waals surface area contributed by atoms with Crippen LogP contribution in [0.15, 0.2) is 28.9 Å². The van der Waals surface area contributed by atoms with Crippen molar-refractivity contribution < 1.29 is 9.32 Å². The molecule has 0 spiro atoms. The highest BCUT2D eigenvalue weighted by molar-refractivity contribution is 6.35. The van der Waals surface area contributed by atoms with E-state index in [1.807, 2.05) is 6.07 Å². The first-order valence-electron chi connectivity index (χ1n) is 6.61. The van der Waals surface area contributed by atoms with E-state index in [1.54, 1.807) is 25.3 Å². The Morgan fingerprint density at radius 2 is 2.30 bits per heavy atom. The number of carbonyl (C=O) groups is 1. The van der Waals surface area contributed by atoms with Crippen LogP contribution in [0.4, 0.5) is 5.82 Å². The number of amides is 1. The molecule has 1 atom stereocenters. The van der Waals surface area contributed by atoms with Gasteiger partial charge in [-0.05, 0) is 19.1 Å². The molecule has 0 bridgehead atoms. The Labute approximate surface area is 135 Å². The van der Waals surface area contributed by atoms with Gasteiger partial charge in [-0.2, -0.15) is 10.1 Å². The van der Waals surface area contributed by atoms with Gasteiger partial charge in [-0.15, -0.1) is 0 Å². The summed E-state index contributed by atoms with van der Waals surface area (Å²) in [4.78, 5) is 20.5. The van der Waals surface area contributed by atoms with Gasteiger partial charge in [0.15, 0.2) is 5.82 Å². The van der Waals surface area contributed by atoms with E-state index in [1.165, 1.54) is 0 Å². The number of nitrogen functional groups attached to an aromatic ring is 1. The molecule has 118 valence electrons. The molecule has 0 aliphatic carbocycles. The van der Waals surface area contributed by atoms with Crippen LogP contribution in [0.3, 0.4) is 0 Å². The molecule has 3 rings (SSSR count). The zero-order chi connectivity index (χ0) is 16.4. The lowest BCUT2D eigenvalue weighted by Crippen LogP contribution is -2.27. The Kier molecular flexibility index (Phi) is 3.94. The van der Waals surface area contributed by atoms with Crippen LogP contribution < -0.4 is 11.1 Å². The second kappa shape index (κ2) is 6.05. The first kappa shape index (κ1) is 15.0. The van der Waals surface area contributed by atoms with Crippen molar-refractivity contribution in [2.45, 2.75) is 13.0 Å². The molecular weight excluding hydrogens is 322 g/mol. The summed E-state index contributed by atoms with van der Waals surface area (Å²) in [6.07, 6.45) is 1.63. The third-order valence-corrected chi connectivity index (χ3v) is 3.40. The maximum Gasteiger partial charge on any atom is 0.271 e. The summed E-state index contributed by atoms with van der Waals surface area (Å²) in [5.41, 5.74) is 6.13. The smallest absolute Gasteiger partial charge is 0.271 e. The third-order valence-electron chi connectivity index (χ3n) is 3.01. The van der Waals surface area contributed by atoms with Gasteiger partial charge in [0, 0.05) is 6.20 Å². The maximum absolute atomic E-state index is 12.1. The van der Waals surface area contributed by atoms with Gasteiger partial charge in [0.1, 0.15) is 22.5 Å². The number of H-pyrrole nitrogens is 1. The van der Waals surface area contributed by atoms with Crippen LogP contribution in [0.2, 0.25) is 5.02 Å². The predicted octanol–water partition coefficient (Wildman–Crippen LogP) is 1.58. The van der Waals surface area contributed by atoms with Crippen molar-refractivity contribution in [3.05, 3.63) is 41.0 Å². The average molecular weight is 334 g/mol. The lowest BCUT2D eigenvalue weighted by atomic mass is 10.3. The van der Waals surface area contributed by atoms with E-state index in [0.29, 0.717) is 11.5 Å². The third kappa shape index (κ3) is 2.99. The highest BCUT2D eigenvalue weighted by atomic mass is 35.5. The van der Waals surface area contributed by atoms with E-state index in [9.17, 15) is 4.79 Å². The minimum atomic E-state index is -0.534. The van der Waals surface area contributed by atoms with E-state index in [0.717, 1.165) is 0 Å². The van der Waals surface area contributed by atoms with Crippen molar-refractivity contribution in [3.8, 4) is 11.5 Å². The van der Waals surface area contributed by atoms with Gasteiger partial charge in [-0.3, -0.25) is 14.9 Å². The quantitative estimate of drug-likeness (QED) is 0.659. The fourth-order valence-corrected chi connectivity index (χ4v) is 2.00. The molecule has 0 radical (unpaired) electrons. The van der Waals surface area contributed by atoms with Crippen LogP contribution in [-0.2, 0) is 0 Å². The molecule has 0 saturated carbocycles. The van der Waals surface area contributed by atoms with E-state index < -0.39 is 11.9 Å². The number of nitrogens with two attached hydrogens (primary N) is 1. The summed E-state index contributed by atoms with van der Waals surface area (Å²) < 4.78 is 5.15. The van der Waals surface area contributed by atoms with Crippen molar-refractivity contribution in [2.75, 3.05) is 5.73 Å². The second-order valence-electron chi connectivity index (χ2n) is 4.66. The molecule has 1 amide bonds. The molecule has 0 aliphatic heterocycles. The highest BCUT2D eigenvalue weighted by Gasteiger charge is 2.22. The fourth-order valence-electron chi connectivity index (χ4n) is 1.83. The zero-order valence-corrected chi connectivity index (χ0v) is 12.7. The Balaban J connectivity index is 1.74. The van der Waals surface area contributed by atoms with E-state index in [2.05, 4.69) is 30.6 Å². The largest absolute Gasteiger partial charge is 0.381 e. The number of aromatic amines is 1. The number of pyridine rings is 1. The van der Waals surface area contributed by atoms with Crippen molar-refractivity contribution in [3.63, 3.8) is 0 Å². The molecule has 10 heteroatoms. The average Bonchev–Trinajstić information content (AvgIpc) is 3.16. The number of carbonyl (C=O) groups excluding carboxylic acids is 1. The molecule has 1 unspecified atom stereocenters. The van der Waals surface area contributed by atoms with Crippen LogP contribution in [0.1, 0.15) is 29.3 Å². The number of halogens is 1. The lowest BCUT2D eigenvalue weighted by molar-refractivity contribution is 0.0927. The van der Waals surface area contributed by atoms with Gasteiger partial charge in [0.2, 0.25) is 11.7 Å². The molecule has 23 heavy (non-hydrogen) atoms.